The summed E-state index contributed by atoms with van der Waals surface area (Å²) < 4.78 is 0. The first kappa shape index (κ1) is 4.46. The molecule has 1 nitrogen and oxygen atoms in total. The van der Waals surface area contributed by atoms with Crippen molar-refractivity contribution in [2.75, 3.05) is 0 Å². The van der Waals surface area contributed by atoms with Gasteiger partial charge in [0.15, 0.2) is 6.42 Å². The molecule has 0 aromatic rings. The van der Waals surface area contributed by atoms with Crippen molar-refractivity contribution in [2.24, 2.45) is 10.9 Å². The van der Waals surface area contributed by atoms with E-state index in [1.54, 1.807) is 0 Å². The minimum Gasteiger partial charge on any atom is -0.0434 e. The van der Waals surface area contributed by atoms with E-state index >= 15 is 0 Å². The van der Waals surface area contributed by atoms with Crippen LogP contribution in [0.25, 0.3) is 0 Å². The van der Waals surface area contributed by atoms with Crippen LogP contribution in [0.5, 0.6) is 0 Å². The quantitative estimate of drug-likeness (QED) is 0.417. The summed E-state index contributed by atoms with van der Waals surface area (Å²) in [6.45, 7) is 0. The third-order valence-corrected chi connectivity index (χ3v) is 2.17. The Kier molecular flexibility index (Phi) is 0.851. The van der Waals surface area contributed by atoms with Gasteiger partial charge in [-0.3, -0.25) is 0 Å². The van der Waals surface area contributed by atoms with Crippen molar-refractivity contribution in [2.45, 2.75) is 31.7 Å². The number of hydrogen-bond donors (Lipinski definition) is 0. The summed E-state index contributed by atoms with van der Waals surface area (Å²) in [6.07, 6.45) is 8.30. The van der Waals surface area contributed by atoms with E-state index in [2.05, 4.69) is 11.2 Å². The van der Waals surface area contributed by atoms with Crippen LogP contribution >= 0.6 is 0 Å². The lowest BCUT2D eigenvalue weighted by atomic mass is 10.0. The molecule has 2 aliphatic rings. The molecule has 8 heavy (non-hydrogen) atoms. The Morgan fingerprint density at radius 2 is 2.38 bits per heavy atom. The van der Waals surface area contributed by atoms with E-state index in [1.807, 2.05) is 0 Å². The molecule has 2 bridgehead atoms. The standard InChI is InChI=1S/C7H10N/c1-2-7-5-6(1)3-4-8-7/h6-7H,1-3,5H2/q+1. The van der Waals surface area contributed by atoms with E-state index < -0.39 is 0 Å². The molecule has 1 aliphatic carbocycles. The van der Waals surface area contributed by atoms with E-state index in [0.29, 0.717) is 6.04 Å². The first-order valence-electron chi connectivity index (χ1n) is 3.38. The highest BCUT2D eigenvalue weighted by Gasteiger charge is 2.33. The van der Waals surface area contributed by atoms with Crippen LogP contribution in [-0.2, 0) is 0 Å². The molecule has 1 saturated carbocycles. The summed E-state index contributed by atoms with van der Waals surface area (Å²) in [5.41, 5.74) is 0. The molecule has 0 radical (unpaired) electrons. The average Bonchev–Trinajstić information content (AvgIpc) is 2.12. The van der Waals surface area contributed by atoms with Gasteiger partial charge in [-0.2, -0.15) is 0 Å². The second-order valence-corrected chi connectivity index (χ2v) is 2.82. The number of fused-ring (bicyclic) bond motifs is 2. The summed E-state index contributed by atoms with van der Waals surface area (Å²) in [5.74, 6) is 0.956. The molecule has 1 fully saturated rings. The molecule has 0 aromatic heterocycles. The highest BCUT2D eigenvalue weighted by Crippen LogP contribution is 2.32. The second-order valence-electron chi connectivity index (χ2n) is 2.82. The van der Waals surface area contributed by atoms with E-state index in [4.69, 9.17) is 0 Å². The van der Waals surface area contributed by atoms with Gasteiger partial charge >= 0.3 is 6.21 Å². The maximum absolute atomic E-state index is 4.24. The summed E-state index contributed by atoms with van der Waals surface area (Å²) in [6, 6.07) is 0.675. The van der Waals surface area contributed by atoms with Gasteiger partial charge in [0.2, 0.25) is 0 Å². The normalized spacial score (nSPS) is 42.0. The molecule has 1 heterocycles. The Morgan fingerprint density at radius 3 is 3.12 bits per heavy atom. The highest BCUT2D eigenvalue weighted by molar-refractivity contribution is 5.59. The van der Waals surface area contributed by atoms with Crippen molar-refractivity contribution in [1.29, 1.82) is 0 Å². The minimum atomic E-state index is 0.675. The van der Waals surface area contributed by atoms with Gasteiger partial charge < -0.3 is 0 Å². The van der Waals surface area contributed by atoms with Gasteiger partial charge in [-0.1, -0.05) is 0 Å². The van der Waals surface area contributed by atoms with Crippen LogP contribution < -0.4 is 0 Å². The van der Waals surface area contributed by atoms with Gasteiger partial charge in [-0.05, 0) is 24.3 Å². The molecule has 0 amide bonds. The SMILES string of the molecule is [C+]1=NC2CCC(C1)C2. The van der Waals surface area contributed by atoms with Crippen LogP contribution in [0.15, 0.2) is 4.99 Å². The van der Waals surface area contributed by atoms with Crippen molar-refractivity contribution < 1.29 is 0 Å². The van der Waals surface area contributed by atoms with Crippen molar-refractivity contribution in [3.05, 3.63) is 0 Å². The molecule has 0 N–H and O–H groups in total. The fraction of sp³-hybridized carbons (Fsp3) is 0.857. The van der Waals surface area contributed by atoms with Crippen molar-refractivity contribution in [3.8, 4) is 0 Å². The first-order valence-corrected chi connectivity index (χ1v) is 3.38. The third-order valence-electron chi connectivity index (χ3n) is 2.17. The molecule has 1 heteroatoms. The van der Waals surface area contributed by atoms with Crippen molar-refractivity contribution >= 4 is 6.21 Å². The van der Waals surface area contributed by atoms with Gasteiger partial charge in [-0.15, -0.1) is 0 Å². The molecule has 42 valence electrons. The number of nitrogens with zero attached hydrogens (tertiary/aromatic N) is 1. The Morgan fingerprint density at radius 1 is 1.38 bits per heavy atom. The summed E-state index contributed by atoms with van der Waals surface area (Å²) in [7, 11) is 0. The van der Waals surface area contributed by atoms with Crippen LogP contribution in [-0.4, -0.2) is 12.3 Å². The first-order chi connectivity index (χ1) is 3.95. The molecule has 2 rings (SSSR count). The van der Waals surface area contributed by atoms with E-state index in [0.717, 1.165) is 12.3 Å². The van der Waals surface area contributed by atoms with Gasteiger partial charge in [0.1, 0.15) is 6.04 Å². The molecule has 2 atom stereocenters. The molecular weight excluding hydrogens is 98.1 g/mol. The van der Waals surface area contributed by atoms with Gasteiger partial charge in [0.25, 0.3) is 0 Å². The average molecular weight is 108 g/mol. The molecule has 1 aliphatic heterocycles. The Hall–Kier alpha value is -0.420. The second kappa shape index (κ2) is 1.53. The minimum absolute atomic E-state index is 0.675. The van der Waals surface area contributed by atoms with Gasteiger partial charge in [-0.25, -0.2) is 0 Å². The topological polar surface area (TPSA) is 12.4 Å². The van der Waals surface area contributed by atoms with Gasteiger partial charge in [0, 0.05) is 5.92 Å². The lowest BCUT2D eigenvalue weighted by Gasteiger charge is -1.99. The maximum Gasteiger partial charge on any atom is 0.357 e. The fourth-order valence-electron chi connectivity index (χ4n) is 1.66. The van der Waals surface area contributed by atoms with Crippen LogP contribution in [0.3, 0.4) is 0 Å². The smallest absolute Gasteiger partial charge is 0.0434 e. The fourth-order valence-corrected chi connectivity index (χ4v) is 1.66. The van der Waals surface area contributed by atoms with E-state index in [-0.39, 0.29) is 0 Å². The number of hydrogen-bond acceptors (Lipinski definition) is 1. The molecule has 0 aromatic carbocycles. The Bertz CT molecular complexity index is 118. The zero-order valence-corrected chi connectivity index (χ0v) is 4.93. The summed E-state index contributed by atoms with van der Waals surface area (Å²) in [5, 5.41) is 0. The monoisotopic (exact) mass is 108 g/mol. The maximum atomic E-state index is 4.24. The van der Waals surface area contributed by atoms with Gasteiger partial charge in [0.05, 0.1) is 0 Å². The Labute approximate surface area is 49.8 Å². The predicted octanol–water partition coefficient (Wildman–Crippen LogP) is 1.51. The molecule has 2 unspecified atom stereocenters. The number of aliphatic imine (C=N–C) groups is 1. The molecule has 0 saturated heterocycles. The van der Waals surface area contributed by atoms with Crippen LogP contribution in [0.2, 0.25) is 0 Å². The van der Waals surface area contributed by atoms with Crippen molar-refractivity contribution in [3.63, 3.8) is 0 Å². The zero-order chi connectivity index (χ0) is 5.40. The van der Waals surface area contributed by atoms with Crippen LogP contribution in [0.4, 0.5) is 0 Å². The molecular formula is C7H10N+. The number of rotatable bonds is 0. The predicted molar refractivity (Wildman–Crippen MR) is 33.2 cm³/mol. The van der Waals surface area contributed by atoms with Crippen LogP contribution in [0, 0.1) is 5.92 Å². The third kappa shape index (κ3) is 0.551. The van der Waals surface area contributed by atoms with E-state index in [9.17, 15) is 0 Å². The lowest BCUT2D eigenvalue weighted by Crippen LogP contribution is -2.05. The zero-order valence-electron chi connectivity index (χ0n) is 4.93. The molecule has 0 spiro atoms. The summed E-state index contributed by atoms with van der Waals surface area (Å²) in [4.78, 5) is 4.24. The van der Waals surface area contributed by atoms with Crippen LogP contribution in [0.1, 0.15) is 25.7 Å². The Balaban J connectivity index is 2.17. The summed E-state index contributed by atoms with van der Waals surface area (Å²) >= 11 is 0. The van der Waals surface area contributed by atoms with Crippen molar-refractivity contribution in [1.82, 2.24) is 0 Å². The van der Waals surface area contributed by atoms with E-state index in [1.165, 1.54) is 19.3 Å². The largest absolute Gasteiger partial charge is 0.357 e. The highest BCUT2D eigenvalue weighted by atomic mass is 14.8. The lowest BCUT2D eigenvalue weighted by molar-refractivity contribution is 0.546.